The number of aliphatic hydroxyl groups is 1. The molecule has 1 aromatic carbocycles. The standard InChI is InChI=1S/C15H17FN2O2/c1-18-11-5-15(19,6-12(18)9-20-8-11)13-3-2-10(7-17)4-14(13)16/h2-4,11-12,19H,5-6,8-9H2,1H3. The fourth-order valence-corrected chi connectivity index (χ4v) is 3.32. The number of hydrogen-bond acceptors (Lipinski definition) is 4. The van der Waals surface area contributed by atoms with Gasteiger partial charge in [0.1, 0.15) is 5.82 Å². The molecule has 0 aliphatic carbocycles. The predicted molar refractivity (Wildman–Crippen MR) is 70.4 cm³/mol. The molecule has 20 heavy (non-hydrogen) atoms. The molecule has 0 aromatic heterocycles. The van der Waals surface area contributed by atoms with Gasteiger partial charge in [0.25, 0.3) is 0 Å². The van der Waals surface area contributed by atoms with Gasteiger partial charge < -0.3 is 9.84 Å². The maximum absolute atomic E-state index is 14.2. The molecule has 1 N–H and O–H groups in total. The molecule has 2 fully saturated rings. The second kappa shape index (κ2) is 4.81. The summed E-state index contributed by atoms with van der Waals surface area (Å²) in [6.07, 6.45) is 0.894. The van der Waals surface area contributed by atoms with Crippen molar-refractivity contribution in [1.82, 2.24) is 4.90 Å². The molecule has 2 atom stereocenters. The number of benzene rings is 1. The van der Waals surface area contributed by atoms with Crippen molar-refractivity contribution in [2.45, 2.75) is 30.5 Å². The predicted octanol–water partition coefficient (Wildman–Crippen LogP) is 1.38. The normalized spacial score (nSPS) is 33.7. The van der Waals surface area contributed by atoms with Gasteiger partial charge in [-0.05, 0) is 32.0 Å². The number of ether oxygens (including phenoxy) is 1. The van der Waals surface area contributed by atoms with Crippen molar-refractivity contribution in [1.29, 1.82) is 5.26 Å². The Morgan fingerprint density at radius 1 is 1.40 bits per heavy atom. The van der Waals surface area contributed by atoms with Crippen molar-refractivity contribution >= 4 is 0 Å². The molecule has 3 rings (SSSR count). The first kappa shape index (κ1) is 13.5. The lowest BCUT2D eigenvalue weighted by atomic mass is 9.77. The molecule has 4 nitrogen and oxygen atoms in total. The number of fused-ring (bicyclic) bond motifs is 2. The van der Waals surface area contributed by atoms with E-state index in [1.807, 2.05) is 13.1 Å². The quantitative estimate of drug-likeness (QED) is 0.842. The van der Waals surface area contributed by atoms with Crippen molar-refractivity contribution in [3.8, 4) is 6.07 Å². The summed E-state index contributed by atoms with van der Waals surface area (Å²) in [6, 6.07) is 6.39. The maximum Gasteiger partial charge on any atom is 0.130 e. The summed E-state index contributed by atoms with van der Waals surface area (Å²) in [5.74, 6) is -0.505. The summed E-state index contributed by atoms with van der Waals surface area (Å²) in [5, 5.41) is 19.7. The minimum atomic E-state index is -1.18. The van der Waals surface area contributed by atoms with Crippen LogP contribution in [0.1, 0.15) is 24.0 Å². The van der Waals surface area contributed by atoms with E-state index in [-0.39, 0.29) is 17.6 Å². The van der Waals surface area contributed by atoms with Gasteiger partial charge >= 0.3 is 0 Å². The summed E-state index contributed by atoms with van der Waals surface area (Å²) in [5.41, 5.74) is -0.614. The summed E-state index contributed by atoms with van der Waals surface area (Å²) in [4.78, 5) is 2.21. The average Bonchev–Trinajstić information content (AvgIpc) is 2.40. The second-order valence-corrected chi connectivity index (χ2v) is 5.76. The molecule has 0 spiro atoms. The fraction of sp³-hybridized carbons (Fsp3) is 0.533. The van der Waals surface area contributed by atoms with Crippen LogP contribution < -0.4 is 0 Å². The zero-order valence-electron chi connectivity index (χ0n) is 11.3. The van der Waals surface area contributed by atoms with Crippen LogP contribution in [-0.2, 0) is 10.3 Å². The molecule has 0 radical (unpaired) electrons. The van der Waals surface area contributed by atoms with E-state index in [1.54, 1.807) is 6.07 Å². The zero-order chi connectivity index (χ0) is 14.3. The van der Waals surface area contributed by atoms with Gasteiger partial charge in [0.2, 0.25) is 0 Å². The van der Waals surface area contributed by atoms with E-state index in [0.717, 1.165) is 0 Å². The number of morpholine rings is 1. The van der Waals surface area contributed by atoms with Gasteiger partial charge in [0, 0.05) is 17.6 Å². The molecular weight excluding hydrogens is 259 g/mol. The van der Waals surface area contributed by atoms with E-state index in [2.05, 4.69) is 4.90 Å². The molecular formula is C15H17FN2O2. The zero-order valence-corrected chi connectivity index (χ0v) is 11.3. The average molecular weight is 276 g/mol. The van der Waals surface area contributed by atoms with Crippen molar-refractivity contribution in [3.63, 3.8) is 0 Å². The van der Waals surface area contributed by atoms with Crippen LogP contribution in [-0.4, -0.2) is 42.4 Å². The van der Waals surface area contributed by atoms with Crippen molar-refractivity contribution in [2.24, 2.45) is 0 Å². The topological polar surface area (TPSA) is 56.5 Å². The monoisotopic (exact) mass is 276 g/mol. The third kappa shape index (κ3) is 2.10. The Balaban J connectivity index is 1.95. The SMILES string of the molecule is CN1C2COCC1CC(O)(c1ccc(C#N)cc1F)C2. The Hall–Kier alpha value is -1.48. The van der Waals surface area contributed by atoms with Crippen LogP contribution in [0.25, 0.3) is 0 Å². The lowest BCUT2D eigenvalue weighted by molar-refractivity contribution is -0.138. The van der Waals surface area contributed by atoms with Crippen LogP contribution in [0.5, 0.6) is 0 Å². The molecule has 0 amide bonds. The van der Waals surface area contributed by atoms with E-state index < -0.39 is 11.4 Å². The molecule has 2 aliphatic rings. The number of piperidine rings is 1. The number of halogens is 1. The highest BCUT2D eigenvalue weighted by molar-refractivity contribution is 5.36. The first-order chi connectivity index (χ1) is 9.53. The summed E-state index contributed by atoms with van der Waals surface area (Å²) < 4.78 is 19.7. The third-order valence-electron chi connectivity index (χ3n) is 4.52. The minimum absolute atomic E-state index is 0.0996. The van der Waals surface area contributed by atoms with Gasteiger partial charge in [-0.15, -0.1) is 0 Å². The number of nitrogens with zero attached hydrogens (tertiary/aromatic N) is 2. The van der Waals surface area contributed by atoms with Crippen LogP contribution in [0, 0.1) is 17.1 Å². The third-order valence-corrected chi connectivity index (χ3v) is 4.52. The molecule has 2 aliphatic heterocycles. The molecule has 2 unspecified atom stereocenters. The van der Waals surface area contributed by atoms with Crippen molar-refractivity contribution < 1.29 is 14.2 Å². The molecule has 0 saturated carbocycles. The van der Waals surface area contributed by atoms with E-state index >= 15 is 0 Å². The number of nitriles is 1. The fourth-order valence-electron chi connectivity index (χ4n) is 3.32. The van der Waals surface area contributed by atoms with Gasteiger partial charge in [-0.25, -0.2) is 4.39 Å². The molecule has 1 aromatic rings. The number of rotatable bonds is 1. The maximum atomic E-state index is 14.2. The van der Waals surface area contributed by atoms with E-state index in [4.69, 9.17) is 10.00 Å². The largest absolute Gasteiger partial charge is 0.385 e. The highest BCUT2D eigenvalue weighted by Gasteiger charge is 2.46. The highest BCUT2D eigenvalue weighted by atomic mass is 19.1. The number of hydrogen-bond donors (Lipinski definition) is 1. The lowest BCUT2D eigenvalue weighted by Gasteiger charge is -2.50. The van der Waals surface area contributed by atoms with Gasteiger partial charge in [-0.2, -0.15) is 5.26 Å². The first-order valence-electron chi connectivity index (χ1n) is 6.76. The number of likely N-dealkylation sites (N-methyl/N-ethyl adjacent to an activating group) is 1. The Morgan fingerprint density at radius 3 is 2.60 bits per heavy atom. The Kier molecular flexibility index (Phi) is 3.25. The van der Waals surface area contributed by atoms with Gasteiger partial charge in [-0.3, -0.25) is 4.90 Å². The summed E-state index contributed by atoms with van der Waals surface area (Å²) in [6.45, 7) is 1.13. The van der Waals surface area contributed by atoms with Crippen molar-refractivity contribution in [3.05, 3.63) is 35.1 Å². The van der Waals surface area contributed by atoms with Crippen molar-refractivity contribution in [2.75, 3.05) is 20.3 Å². The smallest absolute Gasteiger partial charge is 0.130 e. The van der Waals surface area contributed by atoms with Crippen LogP contribution >= 0.6 is 0 Å². The molecule has 5 heteroatoms. The van der Waals surface area contributed by atoms with Crippen LogP contribution in [0.3, 0.4) is 0 Å². The Labute approximate surface area is 117 Å². The summed E-state index contributed by atoms with van der Waals surface area (Å²) >= 11 is 0. The lowest BCUT2D eigenvalue weighted by Crippen LogP contribution is -2.59. The van der Waals surface area contributed by atoms with Gasteiger partial charge in [0.05, 0.1) is 30.4 Å². The first-order valence-corrected chi connectivity index (χ1v) is 6.76. The summed E-state index contributed by atoms with van der Waals surface area (Å²) in [7, 11) is 2.02. The van der Waals surface area contributed by atoms with E-state index in [0.29, 0.717) is 31.6 Å². The van der Waals surface area contributed by atoms with E-state index in [1.165, 1.54) is 12.1 Å². The van der Waals surface area contributed by atoms with Crippen LogP contribution in [0.2, 0.25) is 0 Å². The van der Waals surface area contributed by atoms with Gasteiger partial charge in [0.15, 0.2) is 0 Å². The molecule has 2 bridgehead atoms. The molecule has 2 heterocycles. The van der Waals surface area contributed by atoms with Gasteiger partial charge in [-0.1, -0.05) is 6.07 Å². The molecule has 106 valence electrons. The minimum Gasteiger partial charge on any atom is -0.385 e. The highest BCUT2D eigenvalue weighted by Crippen LogP contribution is 2.41. The second-order valence-electron chi connectivity index (χ2n) is 5.76. The molecule has 2 saturated heterocycles. The van der Waals surface area contributed by atoms with E-state index in [9.17, 15) is 9.50 Å². The van der Waals surface area contributed by atoms with Crippen LogP contribution in [0.15, 0.2) is 18.2 Å². The Morgan fingerprint density at radius 2 is 2.05 bits per heavy atom. The van der Waals surface area contributed by atoms with Crippen LogP contribution in [0.4, 0.5) is 4.39 Å². The Bertz CT molecular complexity index is 555.